The van der Waals surface area contributed by atoms with E-state index in [0.717, 1.165) is 22.4 Å². The lowest BCUT2D eigenvalue weighted by Gasteiger charge is -2.24. The van der Waals surface area contributed by atoms with E-state index in [2.05, 4.69) is 5.32 Å². The van der Waals surface area contributed by atoms with Gasteiger partial charge >= 0.3 is 0 Å². The number of rotatable bonds is 7. The molecule has 5 nitrogen and oxygen atoms in total. The molecule has 164 valence electrons. The maximum Gasteiger partial charge on any atom is 0.251 e. The van der Waals surface area contributed by atoms with Crippen LogP contribution in [0.4, 0.5) is 0 Å². The Morgan fingerprint density at radius 3 is 2.53 bits per heavy atom. The summed E-state index contributed by atoms with van der Waals surface area (Å²) in [5, 5.41) is 3.53. The second-order valence-electron chi connectivity index (χ2n) is 7.43. The van der Waals surface area contributed by atoms with Crippen LogP contribution in [0.15, 0.2) is 72.8 Å². The van der Waals surface area contributed by atoms with Gasteiger partial charge in [0.2, 0.25) is 5.91 Å². The van der Waals surface area contributed by atoms with E-state index >= 15 is 0 Å². The first kappa shape index (κ1) is 22.2. The molecule has 1 heterocycles. The van der Waals surface area contributed by atoms with E-state index in [1.807, 2.05) is 65.6 Å². The van der Waals surface area contributed by atoms with Crippen molar-refractivity contribution in [3.63, 3.8) is 0 Å². The molecule has 1 aliphatic rings. The topological polar surface area (TPSA) is 58.6 Å². The van der Waals surface area contributed by atoms with Crippen molar-refractivity contribution < 1.29 is 14.3 Å². The van der Waals surface area contributed by atoms with Crippen LogP contribution in [0.3, 0.4) is 0 Å². The summed E-state index contributed by atoms with van der Waals surface area (Å²) >= 11 is 7.57. The number of halogens is 1. The average Bonchev–Trinajstić information content (AvgIpc) is 3.19. The quantitative estimate of drug-likeness (QED) is 0.529. The monoisotopic (exact) mass is 466 g/mol. The van der Waals surface area contributed by atoms with Crippen LogP contribution in [0.5, 0.6) is 5.75 Å². The van der Waals surface area contributed by atoms with E-state index in [1.165, 1.54) is 0 Å². The first-order valence-electron chi connectivity index (χ1n) is 10.2. The van der Waals surface area contributed by atoms with Crippen molar-refractivity contribution in [1.82, 2.24) is 10.2 Å². The van der Waals surface area contributed by atoms with E-state index in [9.17, 15) is 9.59 Å². The van der Waals surface area contributed by atoms with Gasteiger partial charge in [-0.1, -0.05) is 54.1 Å². The minimum Gasteiger partial charge on any atom is -0.496 e. The molecule has 1 N–H and O–H groups in total. The van der Waals surface area contributed by atoms with Gasteiger partial charge in [0, 0.05) is 29.2 Å². The number of para-hydroxylation sites is 1. The summed E-state index contributed by atoms with van der Waals surface area (Å²) in [6.45, 7) is 0.904. The lowest BCUT2D eigenvalue weighted by Crippen LogP contribution is -2.27. The number of carbonyl (C=O) groups excluding carboxylic acids is 2. The summed E-state index contributed by atoms with van der Waals surface area (Å²) in [7, 11) is 1.61. The summed E-state index contributed by atoms with van der Waals surface area (Å²) in [4.78, 5) is 26.9. The zero-order chi connectivity index (χ0) is 22.5. The van der Waals surface area contributed by atoms with Crippen molar-refractivity contribution in [2.24, 2.45) is 0 Å². The van der Waals surface area contributed by atoms with Crippen LogP contribution < -0.4 is 10.1 Å². The van der Waals surface area contributed by atoms with Gasteiger partial charge in [0.25, 0.3) is 5.91 Å². The highest BCUT2D eigenvalue weighted by atomic mass is 35.5. The van der Waals surface area contributed by atoms with Crippen LogP contribution in [0, 0.1) is 0 Å². The molecule has 0 aromatic heterocycles. The van der Waals surface area contributed by atoms with E-state index in [4.69, 9.17) is 16.3 Å². The Hall–Kier alpha value is -2.96. The lowest BCUT2D eigenvalue weighted by atomic mass is 10.1. The molecule has 0 spiro atoms. The molecular formula is C25H23ClN2O3S. The Bertz CT molecular complexity index is 1100. The van der Waals surface area contributed by atoms with Gasteiger partial charge < -0.3 is 15.0 Å². The summed E-state index contributed by atoms with van der Waals surface area (Å²) in [5.41, 5.74) is 3.51. The fraction of sp³-hybridized carbons (Fsp3) is 0.200. The Morgan fingerprint density at radius 2 is 1.81 bits per heavy atom. The van der Waals surface area contributed by atoms with Gasteiger partial charge in [-0.25, -0.2) is 0 Å². The van der Waals surface area contributed by atoms with Crippen molar-refractivity contribution in [3.05, 3.63) is 100 Å². The normalized spacial score (nSPS) is 15.6. The van der Waals surface area contributed by atoms with Gasteiger partial charge in [-0.05, 0) is 41.5 Å². The zero-order valence-electron chi connectivity index (χ0n) is 17.6. The Balaban J connectivity index is 1.42. The molecule has 1 saturated heterocycles. The number of amides is 2. The average molecular weight is 467 g/mol. The number of ether oxygens (including phenoxy) is 1. The number of hydrogen-bond acceptors (Lipinski definition) is 4. The number of benzene rings is 3. The second kappa shape index (κ2) is 10.1. The van der Waals surface area contributed by atoms with Crippen molar-refractivity contribution in [2.75, 3.05) is 12.9 Å². The van der Waals surface area contributed by atoms with Crippen molar-refractivity contribution in [2.45, 2.75) is 18.5 Å². The van der Waals surface area contributed by atoms with Crippen LogP contribution in [0.25, 0.3) is 0 Å². The SMILES string of the molecule is COc1ccccc1CNC(=O)c1ccc([C@H]2SCC(=O)N2Cc2ccc(Cl)cc2)cc1. The first-order valence-corrected chi connectivity index (χ1v) is 11.6. The minimum atomic E-state index is -0.157. The van der Waals surface area contributed by atoms with E-state index in [-0.39, 0.29) is 17.2 Å². The van der Waals surface area contributed by atoms with Gasteiger partial charge in [-0.3, -0.25) is 9.59 Å². The summed E-state index contributed by atoms with van der Waals surface area (Å²) in [5.74, 6) is 1.13. The third-order valence-electron chi connectivity index (χ3n) is 5.32. The molecule has 32 heavy (non-hydrogen) atoms. The van der Waals surface area contributed by atoms with Crippen molar-refractivity contribution >= 4 is 35.2 Å². The van der Waals surface area contributed by atoms with E-state index in [1.54, 1.807) is 31.0 Å². The smallest absolute Gasteiger partial charge is 0.251 e. The molecule has 7 heteroatoms. The number of carbonyl (C=O) groups is 2. The molecule has 0 radical (unpaired) electrons. The largest absolute Gasteiger partial charge is 0.496 e. The predicted molar refractivity (Wildman–Crippen MR) is 128 cm³/mol. The van der Waals surface area contributed by atoms with E-state index in [0.29, 0.717) is 29.4 Å². The second-order valence-corrected chi connectivity index (χ2v) is 8.93. The number of methoxy groups -OCH3 is 1. The molecule has 0 aliphatic carbocycles. The van der Waals surface area contributed by atoms with Gasteiger partial charge in [-0.15, -0.1) is 11.8 Å². The summed E-state index contributed by atoms with van der Waals surface area (Å²) < 4.78 is 5.33. The molecule has 0 unspecified atom stereocenters. The van der Waals surface area contributed by atoms with Crippen molar-refractivity contribution in [3.8, 4) is 5.75 Å². The highest BCUT2D eigenvalue weighted by molar-refractivity contribution is 8.00. The van der Waals surface area contributed by atoms with E-state index < -0.39 is 0 Å². The number of nitrogens with one attached hydrogen (secondary N) is 1. The number of thioether (sulfide) groups is 1. The Kier molecular flexibility index (Phi) is 7.02. The fourth-order valence-corrected chi connectivity index (χ4v) is 4.93. The molecule has 0 bridgehead atoms. The minimum absolute atomic E-state index is 0.0798. The summed E-state index contributed by atoms with van der Waals surface area (Å²) in [6.07, 6.45) is 0. The highest BCUT2D eigenvalue weighted by Crippen LogP contribution is 2.39. The molecule has 1 aliphatic heterocycles. The molecule has 1 atom stereocenters. The predicted octanol–water partition coefficient (Wildman–Crippen LogP) is 5.05. The molecule has 3 aromatic carbocycles. The molecule has 3 aromatic rings. The number of nitrogens with zero attached hydrogens (tertiary/aromatic N) is 1. The van der Waals surface area contributed by atoms with Crippen molar-refractivity contribution in [1.29, 1.82) is 0 Å². The zero-order valence-corrected chi connectivity index (χ0v) is 19.2. The van der Waals surface area contributed by atoms with Gasteiger partial charge in [-0.2, -0.15) is 0 Å². The van der Waals surface area contributed by atoms with Crippen LogP contribution in [0.1, 0.15) is 32.4 Å². The molecule has 2 amide bonds. The molecule has 1 fully saturated rings. The van der Waals surface area contributed by atoms with Gasteiger partial charge in [0.1, 0.15) is 11.1 Å². The van der Waals surface area contributed by atoms with Crippen LogP contribution >= 0.6 is 23.4 Å². The standard InChI is InChI=1S/C25H23ClN2O3S/c1-31-22-5-3-2-4-20(22)14-27-24(30)18-8-10-19(11-9-18)25-28(23(29)16-32-25)15-17-6-12-21(26)13-7-17/h2-13,25H,14-16H2,1H3,(H,27,30)/t25-/m1/s1. The third-order valence-corrected chi connectivity index (χ3v) is 6.83. The third kappa shape index (κ3) is 5.09. The maximum absolute atomic E-state index is 12.6. The highest BCUT2D eigenvalue weighted by Gasteiger charge is 2.32. The Morgan fingerprint density at radius 1 is 1.09 bits per heavy atom. The van der Waals surface area contributed by atoms with Gasteiger partial charge in [0.05, 0.1) is 12.9 Å². The Labute approximate surface area is 196 Å². The summed E-state index contributed by atoms with van der Waals surface area (Å²) in [6, 6.07) is 22.6. The number of hydrogen-bond donors (Lipinski definition) is 1. The molecule has 0 saturated carbocycles. The molecular weight excluding hydrogens is 444 g/mol. The van der Waals surface area contributed by atoms with Gasteiger partial charge in [0.15, 0.2) is 0 Å². The van der Waals surface area contributed by atoms with Crippen LogP contribution in [-0.2, 0) is 17.9 Å². The molecule has 4 rings (SSSR count). The lowest BCUT2D eigenvalue weighted by molar-refractivity contribution is -0.128. The van der Waals surface area contributed by atoms with Crippen LogP contribution in [-0.4, -0.2) is 29.6 Å². The van der Waals surface area contributed by atoms with Crippen LogP contribution in [0.2, 0.25) is 5.02 Å². The first-order chi connectivity index (χ1) is 15.5. The fourth-order valence-electron chi connectivity index (χ4n) is 3.61. The maximum atomic E-state index is 12.6.